The fourth-order valence-corrected chi connectivity index (χ4v) is 2.89. The molecule has 5 nitrogen and oxygen atoms in total. The second kappa shape index (κ2) is 13.0. The molecule has 2 aromatic rings. The van der Waals surface area contributed by atoms with Crippen LogP contribution in [0.4, 0.5) is 0 Å². The Balaban J connectivity index is 0.00000338. The predicted molar refractivity (Wildman–Crippen MR) is 122 cm³/mol. The van der Waals surface area contributed by atoms with Crippen molar-refractivity contribution in [2.24, 2.45) is 4.99 Å². The van der Waals surface area contributed by atoms with Gasteiger partial charge < -0.3 is 20.4 Å². The van der Waals surface area contributed by atoms with E-state index in [4.69, 9.17) is 4.74 Å². The van der Waals surface area contributed by atoms with Gasteiger partial charge in [-0.2, -0.15) is 0 Å². The zero-order chi connectivity index (χ0) is 17.9. The first-order valence-electron chi connectivity index (χ1n) is 9.32. The molecule has 0 aliphatic heterocycles. The summed E-state index contributed by atoms with van der Waals surface area (Å²) in [5.41, 5.74) is 3.84. The Labute approximate surface area is 174 Å². The molecular formula is C20H33IN4O. The molecule has 0 spiro atoms. The van der Waals surface area contributed by atoms with Gasteiger partial charge >= 0.3 is 0 Å². The van der Waals surface area contributed by atoms with Gasteiger partial charge in [0.15, 0.2) is 5.96 Å². The van der Waals surface area contributed by atoms with Gasteiger partial charge in [0.1, 0.15) is 0 Å². The molecule has 6 heteroatoms. The third-order valence-corrected chi connectivity index (χ3v) is 4.23. The second-order valence-corrected chi connectivity index (χ2v) is 6.35. The summed E-state index contributed by atoms with van der Waals surface area (Å²) < 4.78 is 5.07. The molecule has 0 amide bonds. The van der Waals surface area contributed by atoms with E-state index in [1.165, 1.54) is 22.0 Å². The van der Waals surface area contributed by atoms with Gasteiger partial charge in [0.2, 0.25) is 0 Å². The molecule has 26 heavy (non-hydrogen) atoms. The first-order valence-corrected chi connectivity index (χ1v) is 9.32. The van der Waals surface area contributed by atoms with E-state index in [1.54, 1.807) is 7.11 Å². The van der Waals surface area contributed by atoms with E-state index in [0.717, 1.165) is 57.9 Å². The second-order valence-electron chi connectivity index (χ2n) is 6.35. The summed E-state index contributed by atoms with van der Waals surface area (Å²) in [6.07, 6.45) is 6.45. The van der Waals surface area contributed by atoms with Gasteiger partial charge in [-0.05, 0) is 56.7 Å². The molecule has 0 unspecified atom stereocenters. The standard InChI is InChI=1S/C20H32N4O.HI/c1-4-21-20(22-11-6-5-7-13-25-3)23-12-10-17-15-24-19-14-16(2)8-9-18(17)19;/h8-9,14-15,24H,4-7,10-13H2,1-3H3,(H2,21,22,23);1H. The number of aliphatic imine (C=N–C) groups is 1. The Bertz CT molecular complexity index is 669. The fourth-order valence-electron chi connectivity index (χ4n) is 2.89. The van der Waals surface area contributed by atoms with Gasteiger partial charge in [-0.15, -0.1) is 24.0 Å². The molecule has 1 heterocycles. The molecule has 0 radical (unpaired) electrons. The van der Waals surface area contributed by atoms with E-state index < -0.39 is 0 Å². The van der Waals surface area contributed by atoms with E-state index in [1.807, 2.05) is 0 Å². The van der Waals surface area contributed by atoms with Crippen molar-refractivity contribution in [3.63, 3.8) is 0 Å². The number of benzene rings is 1. The molecule has 146 valence electrons. The highest BCUT2D eigenvalue weighted by molar-refractivity contribution is 14.0. The predicted octanol–water partition coefficient (Wildman–Crippen LogP) is 4.01. The van der Waals surface area contributed by atoms with E-state index in [-0.39, 0.29) is 24.0 Å². The molecule has 1 aromatic carbocycles. The van der Waals surface area contributed by atoms with Crippen LogP contribution in [0.1, 0.15) is 37.3 Å². The number of ether oxygens (including phenoxy) is 1. The summed E-state index contributed by atoms with van der Waals surface area (Å²) in [6.45, 7) is 7.66. The van der Waals surface area contributed by atoms with Crippen LogP contribution in [0, 0.1) is 6.92 Å². The van der Waals surface area contributed by atoms with Gasteiger partial charge in [0.05, 0.1) is 0 Å². The Morgan fingerprint density at radius 3 is 2.81 bits per heavy atom. The van der Waals surface area contributed by atoms with Crippen LogP contribution >= 0.6 is 24.0 Å². The van der Waals surface area contributed by atoms with Gasteiger partial charge in [0, 0.05) is 50.5 Å². The topological polar surface area (TPSA) is 61.4 Å². The molecule has 2 rings (SSSR count). The summed E-state index contributed by atoms with van der Waals surface area (Å²) >= 11 is 0. The summed E-state index contributed by atoms with van der Waals surface area (Å²) in [4.78, 5) is 8.02. The largest absolute Gasteiger partial charge is 0.385 e. The van der Waals surface area contributed by atoms with Gasteiger partial charge in [-0.3, -0.25) is 4.99 Å². The van der Waals surface area contributed by atoms with Crippen LogP contribution in [0.5, 0.6) is 0 Å². The van der Waals surface area contributed by atoms with Crippen molar-refractivity contribution in [3.8, 4) is 0 Å². The Morgan fingerprint density at radius 2 is 2.04 bits per heavy atom. The van der Waals surface area contributed by atoms with Crippen LogP contribution < -0.4 is 10.6 Å². The first-order chi connectivity index (χ1) is 12.2. The minimum Gasteiger partial charge on any atom is -0.385 e. The van der Waals surface area contributed by atoms with Crippen LogP contribution in [0.25, 0.3) is 10.9 Å². The molecule has 0 aliphatic carbocycles. The maximum Gasteiger partial charge on any atom is 0.191 e. The zero-order valence-electron chi connectivity index (χ0n) is 16.2. The van der Waals surface area contributed by atoms with E-state index in [2.05, 4.69) is 58.9 Å². The molecule has 0 saturated carbocycles. The first kappa shape index (κ1) is 22.8. The van der Waals surface area contributed by atoms with Crippen LogP contribution in [-0.4, -0.2) is 44.3 Å². The highest BCUT2D eigenvalue weighted by Gasteiger charge is 2.04. The summed E-state index contributed by atoms with van der Waals surface area (Å²) in [5.74, 6) is 0.907. The lowest BCUT2D eigenvalue weighted by molar-refractivity contribution is 0.192. The molecule has 0 aliphatic rings. The van der Waals surface area contributed by atoms with Gasteiger partial charge in [-0.1, -0.05) is 12.1 Å². The van der Waals surface area contributed by atoms with Crippen LogP contribution in [-0.2, 0) is 11.2 Å². The van der Waals surface area contributed by atoms with Gasteiger partial charge in [-0.25, -0.2) is 0 Å². The quantitative estimate of drug-likeness (QED) is 0.212. The number of nitrogens with one attached hydrogen (secondary N) is 3. The highest BCUT2D eigenvalue weighted by atomic mass is 127. The third-order valence-electron chi connectivity index (χ3n) is 4.23. The molecular weight excluding hydrogens is 439 g/mol. The molecule has 3 N–H and O–H groups in total. The number of hydrogen-bond donors (Lipinski definition) is 3. The summed E-state index contributed by atoms with van der Waals surface area (Å²) in [6, 6.07) is 6.57. The number of aromatic amines is 1. The molecule has 0 fully saturated rings. The number of nitrogens with zero attached hydrogens (tertiary/aromatic N) is 1. The van der Waals surface area contributed by atoms with Crippen molar-refractivity contribution in [2.75, 3.05) is 33.4 Å². The summed E-state index contributed by atoms with van der Waals surface area (Å²) in [5, 5.41) is 8.07. The lowest BCUT2D eigenvalue weighted by Gasteiger charge is -2.11. The fraction of sp³-hybridized carbons (Fsp3) is 0.550. The van der Waals surface area contributed by atoms with E-state index in [9.17, 15) is 0 Å². The number of guanidine groups is 1. The Kier molecular flexibility index (Phi) is 11.4. The Hall–Kier alpha value is -1.28. The number of aryl methyl sites for hydroxylation is 1. The van der Waals surface area contributed by atoms with Crippen molar-refractivity contribution in [1.82, 2.24) is 15.6 Å². The Morgan fingerprint density at radius 1 is 1.19 bits per heavy atom. The van der Waals surface area contributed by atoms with Crippen molar-refractivity contribution in [3.05, 3.63) is 35.5 Å². The number of H-pyrrole nitrogens is 1. The number of hydrogen-bond acceptors (Lipinski definition) is 2. The zero-order valence-corrected chi connectivity index (χ0v) is 18.6. The van der Waals surface area contributed by atoms with Crippen molar-refractivity contribution in [1.29, 1.82) is 0 Å². The SMILES string of the molecule is CCNC(=NCCCCCOC)NCCc1c[nH]c2cc(C)ccc12.I. The highest BCUT2D eigenvalue weighted by Crippen LogP contribution is 2.19. The monoisotopic (exact) mass is 472 g/mol. The van der Waals surface area contributed by atoms with Crippen LogP contribution in [0.15, 0.2) is 29.4 Å². The summed E-state index contributed by atoms with van der Waals surface area (Å²) in [7, 11) is 1.75. The number of rotatable bonds is 10. The number of methoxy groups -OCH3 is 1. The average molecular weight is 472 g/mol. The number of fused-ring (bicyclic) bond motifs is 1. The van der Waals surface area contributed by atoms with Crippen molar-refractivity contribution in [2.45, 2.75) is 39.5 Å². The lowest BCUT2D eigenvalue weighted by atomic mass is 10.1. The maximum absolute atomic E-state index is 5.07. The molecule has 1 aromatic heterocycles. The third kappa shape index (κ3) is 7.53. The van der Waals surface area contributed by atoms with Crippen molar-refractivity contribution >= 4 is 40.8 Å². The van der Waals surface area contributed by atoms with E-state index >= 15 is 0 Å². The van der Waals surface area contributed by atoms with Crippen LogP contribution in [0.2, 0.25) is 0 Å². The van der Waals surface area contributed by atoms with Crippen LogP contribution in [0.3, 0.4) is 0 Å². The van der Waals surface area contributed by atoms with E-state index in [0.29, 0.717) is 0 Å². The minimum absolute atomic E-state index is 0. The number of halogens is 1. The normalized spacial score (nSPS) is 11.4. The molecule has 0 bridgehead atoms. The van der Waals surface area contributed by atoms with Crippen molar-refractivity contribution < 1.29 is 4.74 Å². The molecule has 0 saturated heterocycles. The number of unbranched alkanes of at least 4 members (excludes halogenated alkanes) is 2. The van der Waals surface area contributed by atoms with Gasteiger partial charge in [0.25, 0.3) is 0 Å². The smallest absolute Gasteiger partial charge is 0.191 e. The maximum atomic E-state index is 5.07. The lowest BCUT2D eigenvalue weighted by Crippen LogP contribution is -2.38. The molecule has 0 atom stereocenters. The number of aromatic nitrogens is 1. The minimum atomic E-state index is 0. The average Bonchev–Trinajstić information content (AvgIpc) is 3.00.